The van der Waals surface area contributed by atoms with Crippen molar-refractivity contribution in [2.45, 2.75) is 6.42 Å². The van der Waals surface area contributed by atoms with E-state index in [-0.39, 0.29) is 12.5 Å². The molecule has 19 heavy (non-hydrogen) atoms. The van der Waals surface area contributed by atoms with Crippen molar-refractivity contribution in [3.05, 3.63) is 12.2 Å². The van der Waals surface area contributed by atoms with Crippen molar-refractivity contribution in [2.75, 3.05) is 40.9 Å². The van der Waals surface area contributed by atoms with E-state index in [4.69, 9.17) is 4.74 Å². The van der Waals surface area contributed by atoms with Gasteiger partial charge in [0.25, 0.3) is 0 Å². The Labute approximate surface area is 112 Å². The van der Waals surface area contributed by atoms with Crippen LogP contribution in [-0.2, 0) is 23.9 Å². The van der Waals surface area contributed by atoms with Gasteiger partial charge < -0.3 is 19.7 Å². The molecule has 0 aromatic rings. The first kappa shape index (κ1) is 17.1. The summed E-state index contributed by atoms with van der Waals surface area (Å²) in [4.78, 5) is 34.8. The van der Waals surface area contributed by atoms with Gasteiger partial charge in [0.1, 0.15) is 0 Å². The van der Waals surface area contributed by atoms with Crippen molar-refractivity contribution in [2.24, 2.45) is 0 Å². The number of methoxy groups -OCH3 is 1. The molecule has 0 aliphatic heterocycles. The van der Waals surface area contributed by atoms with Crippen LogP contribution in [0.2, 0.25) is 0 Å². The molecule has 7 nitrogen and oxygen atoms in total. The minimum atomic E-state index is -0.620. The summed E-state index contributed by atoms with van der Waals surface area (Å²) in [6.45, 7) is 0.926. The fourth-order valence-electron chi connectivity index (χ4n) is 1.07. The normalized spacial score (nSPS) is 10.5. The summed E-state index contributed by atoms with van der Waals surface area (Å²) in [6.07, 6.45) is 2.49. The number of amides is 1. The molecule has 0 radical (unpaired) electrons. The summed E-state index contributed by atoms with van der Waals surface area (Å²) >= 11 is 0. The van der Waals surface area contributed by atoms with E-state index in [0.717, 1.165) is 12.2 Å². The number of carbonyl (C=O) groups excluding carboxylic acids is 3. The lowest BCUT2D eigenvalue weighted by Crippen LogP contribution is -2.34. The summed E-state index contributed by atoms with van der Waals surface area (Å²) < 4.78 is 9.12. The van der Waals surface area contributed by atoms with Crippen molar-refractivity contribution in [1.29, 1.82) is 0 Å². The number of esters is 2. The van der Waals surface area contributed by atoms with Gasteiger partial charge in [-0.15, -0.1) is 0 Å². The standard InChI is InChI=1S/C12H20N2O5/c1-14(2)9-10(15)13-7-4-8-19-12(17)6-5-11(16)18-3/h5-6H,4,7-9H2,1-3H3,(H,13,15)/b6-5+. The van der Waals surface area contributed by atoms with Crippen LogP contribution in [-0.4, -0.2) is 63.6 Å². The third-order valence-corrected chi connectivity index (χ3v) is 1.90. The average molecular weight is 272 g/mol. The predicted octanol–water partition coefficient (Wildman–Crippen LogP) is -0.673. The summed E-state index contributed by atoms with van der Waals surface area (Å²) in [5.41, 5.74) is 0. The number of carbonyl (C=O) groups is 3. The van der Waals surface area contributed by atoms with Crippen LogP contribution in [0.25, 0.3) is 0 Å². The van der Waals surface area contributed by atoms with Crippen LogP contribution >= 0.6 is 0 Å². The highest BCUT2D eigenvalue weighted by atomic mass is 16.5. The third-order valence-electron chi connectivity index (χ3n) is 1.90. The summed E-state index contributed by atoms with van der Waals surface area (Å²) in [6, 6.07) is 0. The highest BCUT2D eigenvalue weighted by molar-refractivity contribution is 5.91. The van der Waals surface area contributed by atoms with Crippen LogP contribution in [0.5, 0.6) is 0 Å². The molecule has 0 rings (SSSR count). The van der Waals surface area contributed by atoms with Gasteiger partial charge in [-0.05, 0) is 20.5 Å². The Morgan fingerprint density at radius 1 is 1.16 bits per heavy atom. The SMILES string of the molecule is COC(=O)/C=C/C(=O)OCCCNC(=O)CN(C)C. The van der Waals surface area contributed by atoms with Gasteiger partial charge in [-0.3, -0.25) is 4.79 Å². The Bertz CT molecular complexity index is 339. The van der Waals surface area contributed by atoms with Crippen molar-refractivity contribution >= 4 is 17.8 Å². The molecule has 0 aromatic heterocycles. The van der Waals surface area contributed by atoms with E-state index < -0.39 is 11.9 Å². The molecular formula is C12H20N2O5. The van der Waals surface area contributed by atoms with Gasteiger partial charge in [-0.1, -0.05) is 0 Å². The topological polar surface area (TPSA) is 84.9 Å². The Kier molecular flexibility index (Phi) is 9.07. The van der Waals surface area contributed by atoms with E-state index in [1.54, 1.807) is 19.0 Å². The Morgan fingerprint density at radius 2 is 1.79 bits per heavy atom. The third kappa shape index (κ3) is 11.0. The smallest absolute Gasteiger partial charge is 0.331 e. The number of hydrogen-bond acceptors (Lipinski definition) is 6. The average Bonchev–Trinajstić information content (AvgIpc) is 2.34. The molecular weight excluding hydrogens is 252 g/mol. The number of hydrogen-bond donors (Lipinski definition) is 1. The maximum Gasteiger partial charge on any atom is 0.331 e. The largest absolute Gasteiger partial charge is 0.466 e. The molecule has 108 valence electrons. The monoisotopic (exact) mass is 272 g/mol. The first-order valence-electron chi connectivity index (χ1n) is 5.80. The Morgan fingerprint density at radius 3 is 2.37 bits per heavy atom. The Hall–Kier alpha value is -1.89. The molecule has 0 aliphatic rings. The van der Waals surface area contributed by atoms with Gasteiger partial charge in [0.15, 0.2) is 0 Å². The number of rotatable bonds is 8. The van der Waals surface area contributed by atoms with Crippen molar-refractivity contribution in [3.8, 4) is 0 Å². The summed E-state index contributed by atoms with van der Waals surface area (Å²) in [7, 11) is 4.82. The fourth-order valence-corrected chi connectivity index (χ4v) is 1.07. The van der Waals surface area contributed by atoms with Gasteiger partial charge in [0.05, 0.1) is 20.3 Å². The molecule has 0 aliphatic carbocycles. The zero-order valence-electron chi connectivity index (χ0n) is 11.5. The van der Waals surface area contributed by atoms with E-state index in [0.29, 0.717) is 19.5 Å². The quantitative estimate of drug-likeness (QED) is 0.358. The summed E-state index contributed by atoms with van der Waals surface area (Å²) in [5.74, 6) is -1.32. The fraction of sp³-hybridized carbons (Fsp3) is 0.583. The van der Waals surface area contributed by atoms with Crippen LogP contribution < -0.4 is 5.32 Å². The van der Waals surface area contributed by atoms with Crippen molar-refractivity contribution < 1.29 is 23.9 Å². The lowest BCUT2D eigenvalue weighted by atomic mass is 10.4. The minimum Gasteiger partial charge on any atom is -0.466 e. The van der Waals surface area contributed by atoms with Gasteiger partial charge in [-0.25, -0.2) is 9.59 Å². The molecule has 1 N–H and O–H groups in total. The van der Waals surface area contributed by atoms with Gasteiger partial charge in [0, 0.05) is 18.7 Å². The molecule has 0 heterocycles. The second-order valence-electron chi connectivity index (χ2n) is 3.97. The zero-order valence-corrected chi connectivity index (χ0v) is 11.5. The molecule has 0 fully saturated rings. The van der Waals surface area contributed by atoms with E-state index >= 15 is 0 Å². The molecule has 0 unspecified atom stereocenters. The van der Waals surface area contributed by atoms with Crippen LogP contribution in [0.4, 0.5) is 0 Å². The van der Waals surface area contributed by atoms with Gasteiger partial charge in [0.2, 0.25) is 5.91 Å². The molecule has 0 bridgehead atoms. The lowest BCUT2D eigenvalue weighted by molar-refractivity contribution is -0.139. The van der Waals surface area contributed by atoms with Crippen LogP contribution in [0.1, 0.15) is 6.42 Å². The van der Waals surface area contributed by atoms with E-state index in [9.17, 15) is 14.4 Å². The first-order chi connectivity index (χ1) is 8.95. The molecule has 0 spiro atoms. The van der Waals surface area contributed by atoms with Crippen LogP contribution in [0, 0.1) is 0 Å². The lowest BCUT2D eigenvalue weighted by Gasteiger charge is -2.09. The zero-order chi connectivity index (χ0) is 14.7. The highest BCUT2D eigenvalue weighted by Gasteiger charge is 2.02. The van der Waals surface area contributed by atoms with Crippen molar-refractivity contribution in [1.82, 2.24) is 10.2 Å². The number of nitrogens with one attached hydrogen (secondary N) is 1. The second-order valence-corrected chi connectivity index (χ2v) is 3.97. The van der Waals surface area contributed by atoms with Crippen LogP contribution in [0.15, 0.2) is 12.2 Å². The van der Waals surface area contributed by atoms with Crippen LogP contribution in [0.3, 0.4) is 0 Å². The number of likely N-dealkylation sites (N-methyl/N-ethyl adjacent to an activating group) is 1. The van der Waals surface area contributed by atoms with E-state index in [1.165, 1.54) is 7.11 Å². The summed E-state index contributed by atoms with van der Waals surface area (Å²) in [5, 5.41) is 2.68. The van der Waals surface area contributed by atoms with Crippen molar-refractivity contribution in [3.63, 3.8) is 0 Å². The first-order valence-corrected chi connectivity index (χ1v) is 5.80. The minimum absolute atomic E-state index is 0.0816. The predicted molar refractivity (Wildman–Crippen MR) is 68.3 cm³/mol. The molecule has 0 aromatic carbocycles. The second kappa shape index (κ2) is 10.1. The van der Waals surface area contributed by atoms with E-state index in [1.807, 2.05) is 0 Å². The maximum atomic E-state index is 11.2. The molecule has 1 amide bonds. The molecule has 0 saturated carbocycles. The molecule has 0 atom stereocenters. The van der Waals surface area contributed by atoms with Gasteiger partial charge >= 0.3 is 11.9 Å². The maximum absolute atomic E-state index is 11.2. The number of nitrogens with zero attached hydrogens (tertiary/aromatic N) is 1. The van der Waals surface area contributed by atoms with Gasteiger partial charge in [-0.2, -0.15) is 0 Å². The highest BCUT2D eigenvalue weighted by Crippen LogP contribution is 1.87. The van der Waals surface area contributed by atoms with E-state index in [2.05, 4.69) is 10.1 Å². The molecule has 7 heteroatoms. The Balaban J connectivity index is 3.59. The number of ether oxygens (including phenoxy) is 2. The molecule has 0 saturated heterocycles.